The van der Waals surface area contributed by atoms with Gasteiger partial charge in [0.15, 0.2) is 0 Å². The Kier molecular flexibility index (Phi) is 1.88. The predicted octanol–water partition coefficient (Wildman–Crippen LogP) is 1.96. The highest BCUT2D eigenvalue weighted by molar-refractivity contribution is 5.37. The maximum atomic E-state index is 13.6. The molecule has 0 atom stereocenters. The Hall–Kier alpha value is -1.68. The normalized spacial score (nSPS) is 17.4. The summed E-state index contributed by atoms with van der Waals surface area (Å²) in [4.78, 5) is 0. The lowest BCUT2D eigenvalue weighted by Crippen LogP contribution is -2.23. The molecule has 1 aliphatic rings. The molecule has 1 aromatic carbocycles. The third kappa shape index (κ3) is 1.34. The lowest BCUT2D eigenvalue weighted by atomic mass is 10.2. The van der Waals surface area contributed by atoms with Gasteiger partial charge in [0.1, 0.15) is 11.5 Å². The summed E-state index contributed by atoms with van der Waals surface area (Å²) in [6.45, 7) is 0. The van der Waals surface area contributed by atoms with E-state index in [4.69, 9.17) is 5.73 Å². The Balaban J connectivity index is 2.14. The van der Waals surface area contributed by atoms with Crippen molar-refractivity contribution in [2.45, 2.75) is 18.4 Å². The summed E-state index contributed by atoms with van der Waals surface area (Å²) in [7, 11) is 0. The molecule has 3 rings (SSSR count). The first kappa shape index (κ1) is 9.54. The van der Waals surface area contributed by atoms with E-state index in [1.807, 2.05) is 6.07 Å². The fourth-order valence-corrected chi connectivity index (χ4v) is 1.89. The van der Waals surface area contributed by atoms with E-state index < -0.39 is 0 Å². The van der Waals surface area contributed by atoms with Gasteiger partial charge in [-0.3, -0.25) is 0 Å². The van der Waals surface area contributed by atoms with Crippen LogP contribution in [-0.2, 0) is 5.54 Å². The first-order valence-corrected chi connectivity index (χ1v) is 5.29. The zero-order valence-corrected chi connectivity index (χ0v) is 8.73. The summed E-state index contributed by atoms with van der Waals surface area (Å²) in [6.07, 6.45) is 3.54. The van der Waals surface area contributed by atoms with Gasteiger partial charge in [0.2, 0.25) is 0 Å². The first-order chi connectivity index (χ1) is 7.71. The summed E-state index contributed by atoms with van der Waals surface area (Å²) in [5.74, 6) is -0.281. The smallest absolute Gasteiger partial charge is 0.148 e. The van der Waals surface area contributed by atoms with Gasteiger partial charge in [-0.1, -0.05) is 12.1 Å². The molecule has 2 N–H and O–H groups in total. The van der Waals surface area contributed by atoms with E-state index in [-0.39, 0.29) is 11.4 Å². The fraction of sp³-hybridized carbons (Fsp3) is 0.250. The van der Waals surface area contributed by atoms with Gasteiger partial charge in [-0.15, -0.1) is 0 Å². The molecule has 0 unspecified atom stereocenters. The number of hydrogen-bond donors (Lipinski definition) is 1. The topological polar surface area (TPSA) is 43.8 Å². The van der Waals surface area contributed by atoms with Gasteiger partial charge < -0.3 is 5.73 Å². The molecule has 0 bridgehead atoms. The van der Waals surface area contributed by atoms with Gasteiger partial charge in [-0.2, -0.15) is 5.10 Å². The quantitative estimate of drug-likeness (QED) is 0.835. The minimum absolute atomic E-state index is 0.281. The molecule has 1 aliphatic carbocycles. The number of hydrogen-bond acceptors (Lipinski definition) is 2. The molecule has 0 aliphatic heterocycles. The van der Waals surface area contributed by atoms with Crippen molar-refractivity contribution in [2.24, 2.45) is 5.73 Å². The van der Waals surface area contributed by atoms with Crippen LogP contribution in [0, 0.1) is 5.82 Å². The average molecular weight is 217 g/mol. The van der Waals surface area contributed by atoms with Crippen LogP contribution in [-0.4, -0.2) is 9.78 Å². The first-order valence-electron chi connectivity index (χ1n) is 5.29. The average Bonchev–Trinajstić information content (AvgIpc) is 2.84. The zero-order chi connectivity index (χ0) is 11.2. The summed E-state index contributed by atoms with van der Waals surface area (Å²) in [6, 6.07) is 8.45. The van der Waals surface area contributed by atoms with Crippen LogP contribution in [0.4, 0.5) is 4.39 Å². The molecule has 0 saturated heterocycles. The van der Waals surface area contributed by atoms with Gasteiger partial charge in [-0.25, -0.2) is 9.07 Å². The Labute approximate surface area is 92.7 Å². The van der Waals surface area contributed by atoms with Crippen molar-refractivity contribution in [1.82, 2.24) is 9.78 Å². The van der Waals surface area contributed by atoms with Crippen LogP contribution >= 0.6 is 0 Å². The van der Waals surface area contributed by atoms with Gasteiger partial charge in [-0.05, 0) is 31.0 Å². The third-order valence-electron chi connectivity index (χ3n) is 3.02. The van der Waals surface area contributed by atoms with Crippen molar-refractivity contribution in [3.63, 3.8) is 0 Å². The van der Waals surface area contributed by atoms with E-state index in [0.717, 1.165) is 18.5 Å². The second kappa shape index (κ2) is 3.15. The molecule has 1 saturated carbocycles. The number of halogens is 1. The van der Waals surface area contributed by atoms with Crippen molar-refractivity contribution in [1.29, 1.82) is 0 Å². The van der Waals surface area contributed by atoms with Crippen LogP contribution in [0.25, 0.3) is 5.69 Å². The number of para-hydroxylation sites is 1. The molecule has 2 aromatic rings. The molecule has 82 valence electrons. The maximum Gasteiger partial charge on any atom is 0.148 e. The second-order valence-corrected chi connectivity index (χ2v) is 4.24. The summed E-state index contributed by atoms with van der Waals surface area (Å²) in [5, 5.41) is 4.15. The van der Waals surface area contributed by atoms with E-state index >= 15 is 0 Å². The SMILES string of the molecule is NC1(c2ccnn2-c2ccccc2F)CC1. The Morgan fingerprint density at radius 1 is 1.25 bits per heavy atom. The number of benzene rings is 1. The number of rotatable bonds is 2. The molecule has 4 heteroatoms. The Bertz CT molecular complexity index is 529. The van der Waals surface area contributed by atoms with Crippen molar-refractivity contribution in [2.75, 3.05) is 0 Å². The number of nitrogens with two attached hydrogens (primary N) is 1. The van der Waals surface area contributed by atoms with E-state index in [1.165, 1.54) is 6.07 Å². The molecule has 1 fully saturated rings. The van der Waals surface area contributed by atoms with Crippen molar-refractivity contribution in [3.8, 4) is 5.69 Å². The molecule has 16 heavy (non-hydrogen) atoms. The van der Waals surface area contributed by atoms with Crippen molar-refractivity contribution < 1.29 is 4.39 Å². The minimum Gasteiger partial charge on any atom is -0.320 e. The molecule has 0 spiro atoms. The highest BCUT2D eigenvalue weighted by Crippen LogP contribution is 2.43. The lowest BCUT2D eigenvalue weighted by Gasteiger charge is -2.12. The van der Waals surface area contributed by atoms with Gasteiger partial charge >= 0.3 is 0 Å². The highest BCUT2D eigenvalue weighted by Gasteiger charge is 2.43. The maximum absolute atomic E-state index is 13.6. The molecule has 1 aromatic heterocycles. The monoisotopic (exact) mass is 217 g/mol. The molecule has 3 nitrogen and oxygen atoms in total. The van der Waals surface area contributed by atoms with Crippen LogP contribution in [0.1, 0.15) is 18.5 Å². The van der Waals surface area contributed by atoms with Crippen LogP contribution in [0.2, 0.25) is 0 Å². The van der Waals surface area contributed by atoms with E-state index in [2.05, 4.69) is 5.10 Å². The van der Waals surface area contributed by atoms with Crippen LogP contribution < -0.4 is 5.73 Å². The fourth-order valence-electron chi connectivity index (χ4n) is 1.89. The van der Waals surface area contributed by atoms with E-state index in [9.17, 15) is 4.39 Å². The number of aromatic nitrogens is 2. The van der Waals surface area contributed by atoms with Gasteiger partial charge in [0, 0.05) is 6.20 Å². The largest absolute Gasteiger partial charge is 0.320 e. The Morgan fingerprint density at radius 3 is 2.69 bits per heavy atom. The Morgan fingerprint density at radius 2 is 2.00 bits per heavy atom. The van der Waals surface area contributed by atoms with Crippen molar-refractivity contribution in [3.05, 3.63) is 48.0 Å². The molecule has 1 heterocycles. The van der Waals surface area contributed by atoms with E-state index in [1.54, 1.807) is 29.1 Å². The highest BCUT2D eigenvalue weighted by atomic mass is 19.1. The summed E-state index contributed by atoms with van der Waals surface area (Å²) >= 11 is 0. The molecular formula is C12H12FN3. The van der Waals surface area contributed by atoms with Crippen molar-refractivity contribution >= 4 is 0 Å². The minimum atomic E-state index is -0.307. The van der Waals surface area contributed by atoms with Gasteiger partial charge in [0.25, 0.3) is 0 Å². The molecule has 0 amide bonds. The van der Waals surface area contributed by atoms with Gasteiger partial charge in [0.05, 0.1) is 11.2 Å². The lowest BCUT2D eigenvalue weighted by molar-refractivity contribution is 0.592. The number of nitrogens with zero attached hydrogens (tertiary/aromatic N) is 2. The summed E-state index contributed by atoms with van der Waals surface area (Å²) < 4.78 is 15.2. The van der Waals surface area contributed by atoms with Crippen LogP contribution in [0.5, 0.6) is 0 Å². The van der Waals surface area contributed by atoms with E-state index in [0.29, 0.717) is 5.69 Å². The predicted molar refractivity (Wildman–Crippen MR) is 58.6 cm³/mol. The second-order valence-electron chi connectivity index (χ2n) is 4.24. The van der Waals surface area contributed by atoms with Crippen LogP contribution in [0.15, 0.2) is 36.5 Å². The third-order valence-corrected chi connectivity index (χ3v) is 3.02. The molecule has 0 radical (unpaired) electrons. The summed E-state index contributed by atoms with van der Waals surface area (Å²) in [5.41, 5.74) is 7.15. The zero-order valence-electron chi connectivity index (χ0n) is 8.73. The van der Waals surface area contributed by atoms with Crippen LogP contribution in [0.3, 0.4) is 0 Å². The molecular weight excluding hydrogens is 205 g/mol. The standard InChI is InChI=1S/C12H12FN3/c13-9-3-1-2-4-10(9)16-11(5-8-15-16)12(14)6-7-12/h1-5,8H,6-7,14H2.